The molecule has 5 heterocycles. The zero-order valence-electron chi connectivity index (χ0n) is 38.5. The van der Waals surface area contributed by atoms with Crippen LogP contribution in [0.2, 0.25) is 0 Å². The first-order valence-electron chi connectivity index (χ1n) is 22.0. The number of likely N-dealkylation sites (tertiary alicyclic amines) is 1. The first-order valence-corrected chi connectivity index (χ1v) is 22.0. The Morgan fingerprint density at radius 2 is 1.55 bits per heavy atom. The van der Waals surface area contributed by atoms with Crippen molar-refractivity contribution < 1.29 is 58.2 Å². The molecule has 2 saturated heterocycles. The van der Waals surface area contributed by atoms with E-state index >= 15 is 4.79 Å². The fourth-order valence-corrected chi connectivity index (χ4v) is 9.16. The lowest BCUT2D eigenvalue weighted by Crippen LogP contribution is -2.46. The minimum absolute atomic E-state index is 0.00819. The molecule has 17 nitrogen and oxygen atoms in total. The molecule has 1 aromatic carbocycles. The molecule has 4 N–H and O–H groups in total. The second-order valence-electron chi connectivity index (χ2n) is 17.9. The number of allylic oxidation sites excluding steroid dienone is 4. The van der Waals surface area contributed by atoms with Crippen molar-refractivity contribution in [3.05, 3.63) is 69.8 Å². The Labute approximate surface area is 374 Å². The molecular weight excluding hydrogens is 827 g/mol. The number of benzene rings is 1. The van der Waals surface area contributed by atoms with Crippen molar-refractivity contribution >= 4 is 34.9 Å². The number of likely N-dealkylation sites (N-methyl/N-ethyl adjacent to an activating group) is 1. The fourth-order valence-electron chi connectivity index (χ4n) is 9.16. The maximum absolute atomic E-state index is 15.1. The van der Waals surface area contributed by atoms with Crippen LogP contribution in [-0.4, -0.2) is 149 Å². The van der Waals surface area contributed by atoms with Crippen LogP contribution in [0.3, 0.4) is 0 Å². The van der Waals surface area contributed by atoms with Crippen molar-refractivity contribution in [1.29, 1.82) is 0 Å². The van der Waals surface area contributed by atoms with Gasteiger partial charge in [0.25, 0.3) is 11.7 Å². The van der Waals surface area contributed by atoms with E-state index in [1.807, 2.05) is 5.01 Å². The SMILES string of the molecule is CO[C@H]1/C=C/O[C@@]2(C)Oc3c(C)c(O)c4c(c3C2=O)C(=O)C(N2CCC(=NN3CCN(C)CC3)CC2)=C(NC(=O)/C(C)=C\C=C\[C@@H](C)[C@H](O)[C@@H](C)[C@H](O)[C@@H](C)[C@@H](OC(C)=O)[C@@H]1C)C4=O. The smallest absolute Gasteiger partial charge is 0.312 e. The maximum Gasteiger partial charge on any atom is 0.312 e. The largest absolute Gasteiger partial charge is 0.507 e. The molecule has 7 rings (SSSR count). The monoisotopic (exact) mass is 889 g/mol. The number of aromatic hydroxyl groups is 1. The van der Waals surface area contributed by atoms with E-state index in [1.165, 1.54) is 53.2 Å². The normalized spacial score (nSPS) is 32.9. The molecule has 5 aliphatic heterocycles. The second kappa shape index (κ2) is 19.4. The van der Waals surface area contributed by atoms with E-state index in [0.29, 0.717) is 12.8 Å². The van der Waals surface area contributed by atoms with Crippen molar-refractivity contribution in [1.82, 2.24) is 20.1 Å². The number of esters is 1. The van der Waals surface area contributed by atoms with Gasteiger partial charge < -0.3 is 49.4 Å². The number of piperidine rings is 1. The van der Waals surface area contributed by atoms with Gasteiger partial charge in [0.05, 0.1) is 41.3 Å². The summed E-state index contributed by atoms with van der Waals surface area (Å²) in [6.45, 7) is 16.3. The Bertz CT molecular complexity index is 2200. The molecule has 0 radical (unpaired) electrons. The average molecular weight is 890 g/mol. The standard InChI is InChI=1S/C47H63N5O12/c1-24-12-11-13-25(2)46(60)48-36-37(51-17-14-31(15-18-51)49-52-21-19-50(9)20-22-52)42(58)33-34(41(36)57)40(56)29(6)44-35(33)45(59)47(8,64-44)62-23-16-32(61-10)26(3)43(63-30(7)53)28(5)39(55)27(4)38(24)54/h11-13,16,23-24,26-28,32,38-39,43,54-56H,14-15,17-22H2,1-10H3,(H,48,60)/b12-11+,23-16+,25-13-/t24-,26-,27-,28-,32+,38+,39+,43+,47+/m1/s1. The van der Waals surface area contributed by atoms with E-state index in [2.05, 4.69) is 17.3 Å². The summed E-state index contributed by atoms with van der Waals surface area (Å²) >= 11 is 0. The summed E-state index contributed by atoms with van der Waals surface area (Å²) < 4.78 is 23.7. The topological polar surface area (TPSA) is 217 Å². The number of carbonyl (C=O) groups is 5. The highest BCUT2D eigenvalue weighted by atomic mass is 16.7. The zero-order chi connectivity index (χ0) is 46.9. The number of phenols is 1. The molecule has 6 aliphatic rings. The molecule has 1 amide bonds. The van der Waals surface area contributed by atoms with Crippen LogP contribution >= 0.6 is 0 Å². The quantitative estimate of drug-likeness (QED) is 0.318. The summed E-state index contributed by atoms with van der Waals surface area (Å²) in [6, 6.07) is 0. The third-order valence-corrected chi connectivity index (χ3v) is 13.4. The van der Waals surface area contributed by atoms with Crippen molar-refractivity contribution in [2.45, 2.75) is 98.4 Å². The highest BCUT2D eigenvalue weighted by molar-refractivity contribution is 6.32. The number of piperazine rings is 1. The highest BCUT2D eigenvalue weighted by Gasteiger charge is 2.53. The number of hydrogen-bond donors (Lipinski definition) is 4. The van der Waals surface area contributed by atoms with E-state index in [9.17, 15) is 34.5 Å². The van der Waals surface area contributed by atoms with Crippen LogP contribution in [0.15, 0.2) is 52.6 Å². The van der Waals surface area contributed by atoms with E-state index < -0.39 is 94.4 Å². The number of rotatable bonds is 4. The molecule has 0 aromatic heterocycles. The van der Waals surface area contributed by atoms with Crippen LogP contribution in [0.25, 0.3) is 0 Å². The van der Waals surface area contributed by atoms with Gasteiger partial charge in [0.1, 0.15) is 29.0 Å². The minimum Gasteiger partial charge on any atom is -0.507 e. The summed E-state index contributed by atoms with van der Waals surface area (Å²) in [5.41, 5.74) is -0.433. The van der Waals surface area contributed by atoms with Gasteiger partial charge in [-0.25, -0.2) is 0 Å². The van der Waals surface area contributed by atoms with Crippen molar-refractivity contribution in [2.24, 2.45) is 28.8 Å². The number of Topliss-reactive ketones (excluding diaryl/α,β-unsaturated/α-hetero) is 3. The molecule has 64 heavy (non-hydrogen) atoms. The van der Waals surface area contributed by atoms with Crippen LogP contribution in [0.5, 0.6) is 11.5 Å². The van der Waals surface area contributed by atoms with Crippen molar-refractivity contribution in [3.63, 3.8) is 0 Å². The summed E-state index contributed by atoms with van der Waals surface area (Å²) in [6.07, 6.45) is 4.43. The Hall–Kier alpha value is -5.36. The number of aliphatic hydroxyl groups is 2. The van der Waals surface area contributed by atoms with Gasteiger partial charge in [0.2, 0.25) is 11.6 Å². The molecule has 0 saturated carbocycles. The van der Waals surface area contributed by atoms with Gasteiger partial charge in [0, 0.05) is 114 Å². The van der Waals surface area contributed by atoms with E-state index in [-0.39, 0.29) is 52.5 Å². The summed E-state index contributed by atoms with van der Waals surface area (Å²) in [5, 5.41) is 44.2. The molecule has 1 aliphatic carbocycles. The number of nitrogens with zero attached hydrogens (tertiary/aromatic N) is 4. The highest BCUT2D eigenvalue weighted by Crippen LogP contribution is 2.49. The van der Waals surface area contributed by atoms with E-state index in [1.54, 1.807) is 44.7 Å². The molecule has 1 aromatic rings. The summed E-state index contributed by atoms with van der Waals surface area (Å²) in [5.74, 6) is -9.06. The van der Waals surface area contributed by atoms with Crippen LogP contribution < -0.4 is 10.1 Å². The van der Waals surface area contributed by atoms with Gasteiger partial charge >= 0.3 is 11.8 Å². The molecule has 17 heteroatoms. The molecular formula is C47H63N5O12. The molecule has 9 atom stereocenters. The first-order chi connectivity index (χ1) is 30.2. The first kappa shape index (κ1) is 48.1. The lowest BCUT2D eigenvalue weighted by molar-refractivity contribution is -0.160. The molecule has 0 unspecified atom stereocenters. The van der Waals surface area contributed by atoms with E-state index in [4.69, 9.17) is 24.0 Å². The number of hydrogen-bond acceptors (Lipinski definition) is 16. The number of ketones is 3. The predicted octanol–water partition coefficient (Wildman–Crippen LogP) is 3.66. The van der Waals surface area contributed by atoms with Crippen LogP contribution in [0.1, 0.15) is 97.9 Å². The Morgan fingerprint density at radius 1 is 0.891 bits per heavy atom. The van der Waals surface area contributed by atoms with Gasteiger partial charge in [-0.05, 0) is 27.0 Å². The van der Waals surface area contributed by atoms with Crippen LogP contribution in [0, 0.1) is 30.6 Å². The number of ether oxygens (including phenoxy) is 4. The van der Waals surface area contributed by atoms with Gasteiger partial charge in [-0.15, -0.1) is 0 Å². The second-order valence-corrected chi connectivity index (χ2v) is 17.9. The van der Waals surface area contributed by atoms with Crippen LogP contribution in [0.4, 0.5) is 0 Å². The number of nitrogens with one attached hydrogen (secondary N) is 1. The van der Waals surface area contributed by atoms with E-state index in [0.717, 1.165) is 31.9 Å². The van der Waals surface area contributed by atoms with Gasteiger partial charge in [-0.2, -0.15) is 5.10 Å². The number of phenolic OH excluding ortho intramolecular Hbond substituents is 1. The fraction of sp³-hybridized carbons (Fsp3) is 0.574. The maximum atomic E-state index is 15.1. The summed E-state index contributed by atoms with van der Waals surface area (Å²) in [7, 11) is 3.50. The molecule has 348 valence electrons. The molecule has 0 spiro atoms. The Morgan fingerprint density at radius 3 is 2.17 bits per heavy atom. The van der Waals surface area contributed by atoms with Gasteiger partial charge in [0.15, 0.2) is 0 Å². The third kappa shape index (κ3) is 9.39. The molecule has 5 bridgehead atoms. The zero-order valence-corrected chi connectivity index (χ0v) is 38.5. The lowest BCUT2D eigenvalue weighted by Gasteiger charge is -2.38. The molecule has 2 fully saturated rings. The number of amides is 1. The number of aliphatic hydroxyl groups excluding tert-OH is 2. The third-order valence-electron chi connectivity index (χ3n) is 13.4. The summed E-state index contributed by atoms with van der Waals surface area (Å²) in [4.78, 5) is 74.7. The van der Waals surface area contributed by atoms with Gasteiger partial charge in [-0.1, -0.05) is 45.9 Å². The van der Waals surface area contributed by atoms with Crippen molar-refractivity contribution in [3.8, 4) is 11.5 Å². The average Bonchev–Trinajstić information content (AvgIpc) is 3.53. The van der Waals surface area contributed by atoms with Gasteiger partial charge in [-0.3, -0.25) is 29.0 Å². The lowest BCUT2D eigenvalue weighted by atomic mass is 9.78. The number of methoxy groups -OCH3 is 1. The minimum atomic E-state index is -2.08. The van der Waals surface area contributed by atoms with Crippen LogP contribution in [-0.2, 0) is 23.8 Å². The Kier molecular flexibility index (Phi) is 14.6. The Balaban J connectivity index is 1.44. The number of hydrazone groups is 1. The van der Waals surface area contributed by atoms with Crippen molar-refractivity contribution in [2.75, 3.05) is 53.4 Å². The number of fused-ring (bicyclic) bond motifs is 14. The number of carbonyl (C=O) groups excluding carboxylic acids is 5. The predicted molar refractivity (Wildman–Crippen MR) is 235 cm³/mol.